The number of carbonyl (C=O) groups excluding carboxylic acids is 1. The molecule has 4 nitrogen and oxygen atoms in total. The van der Waals surface area contributed by atoms with Crippen molar-refractivity contribution >= 4 is 17.5 Å². The lowest BCUT2D eigenvalue weighted by Crippen LogP contribution is -2.25. The van der Waals surface area contributed by atoms with Gasteiger partial charge in [-0.15, -0.1) is 0 Å². The second-order valence-corrected chi connectivity index (χ2v) is 11.4. The van der Waals surface area contributed by atoms with E-state index in [4.69, 9.17) is 4.74 Å². The van der Waals surface area contributed by atoms with E-state index in [2.05, 4.69) is 26.8 Å². The summed E-state index contributed by atoms with van der Waals surface area (Å²) in [7, 11) is 0. The number of benzene rings is 2. The minimum atomic E-state index is -0.906. The minimum Gasteiger partial charge on any atom is -0.481 e. The Bertz CT molecular complexity index is 1050. The van der Waals surface area contributed by atoms with Gasteiger partial charge in [0.25, 0.3) is 0 Å². The topological polar surface area (TPSA) is 63.6 Å². The number of hydrogen-bond acceptors (Lipinski definition) is 3. The molecule has 0 fully saturated rings. The maximum absolute atomic E-state index is 12.7. The molecule has 0 amide bonds. The normalized spacial score (nSPS) is 17.6. The van der Waals surface area contributed by atoms with Crippen LogP contribution < -0.4 is 0 Å². The molecule has 0 spiro atoms. The molecule has 0 aliphatic heterocycles. The average Bonchev–Trinajstić information content (AvgIpc) is 2.76. The minimum absolute atomic E-state index is 0.222. The van der Waals surface area contributed by atoms with Gasteiger partial charge < -0.3 is 9.84 Å². The maximum Gasteiger partial charge on any atom is 0.338 e. The Hall–Kier alpha value is -2.88. The van der Waals surface area contributed by atoms with Crippen molar-refractivity contribution in [3.05, 3.63) is 76.9 Å². The summed E-state index contributed by atoms with van der Waals surface area (Å²) in [5.41, 5.74) is 4.03. The van der Waals surface area contributed by atoms with Gasteiger partial charge in [-0.3, -0.25) is 4.79 Å². The number of rotatable bonds is 6. The Morgan fingerprint density at radius 2 is 1.65 bits per heavy atom. The smallest absolute Gasteiger partial charge is 0.338 e. The number of hydrogen-bond donors (Lipinski definition) is 1. The summed E-state index contributed by atoms with van der Waals surface area (Å²) in [6.45, 7) is 12.4. The van der Waals surface area contributed by atoms with Crippen molar-refractivity contribution in [2.75, 3.05) is 0 Å². The van der Waals surface area contributed by atoms with Crippen LogP contribution in [-0.4, -0.2) is 22.6 Å². The molecule has 2 aromatic rings. The monoisotopic (exact) mass is 462 g/mol. The van der Waals surface area contributed by atoms with Crippen molar-refractivity contribution in [1.82, 2.24) is 0 Å². The molecule has 0 saturated carbocycles. The lowest BCUT2D eigenvalue weighted by atomic mass is 9.72. The predicted octanol–water partition coefficient (Wildman–Crippen LogP) is 7.28. The highest BCUT2D eigenvalue weighted by molar-refractivity contribution is 5.91. The van der Waals surface area contributed by atoms with Crippen LogP contribution in [0.3, 0.4) is 0 Å². The lowest BCUT2D eigenvalue weighted by molar-refractivity contribution is -0.138. The van der Waals surface area contributed by atoms with E-state index in [1.165, 1.54) is 12.0 Å². The molecule has 4 heteroatoms. The van der Waals surface area contributed by atoms with E-state index in [-0.39, 0.29) is 6.42 Å². The van der Waals surface area contributed by atoms with Crippen LogP contribution in [0.15, 0.2) is 54.6 Å². The highest BCUT2D eigenvalue weighted by Crippen LogP contribution is 2.39. The zero-order chi connectivity index (χ0) is 25.1. The summed E-state index contributed by atoms with van der Waals surface area (Å²) in [5.74, 6) is -1.39. The SMILES string of the molecule is CC(C)(C)OC(=O)c1ccccc1CC(C(=O)O)c1ccc(C2=CCC(C(C)(C)C)CC2)cc1. The standard InChI is InChI=1S/C30H38O4/c1-29(2,3)24-17-15-21(16-18-24)20-11-13-22(14-12-20)26(27(31)32)19-23-9-7-8-10-25(23)28(33)34-30(4,5)6/h7-15,24,26H,16-19H2,1-6H3,(H,31,32). The second kappa shape index (κ2) is 10.2. The van der Waals surface area contributed by atoms with Gasteiger partial charge in [-0.05, 0) is 86.1 Å². The highest BCUT2D eigenvalue weighted by Gasteiger charge is 2.27. The largest absolute Gasteiger partial charge is 0.481 e. The summed E-state index contributed by atoms with van der Waals surface area (Å²) < 4.78 is 5.53. The van der Waals surface area contributed by atoms with Crippen molar-refractivity contribution < 1.29 is 19.4 Å². The first-order valence-electron chi connectivity index (χ1n) is 12.2. The van der Waals surface area contributed by atoms with Crippen LogP contribution >= 0.6 is 0 Å². The molecular formula is C30H38O4. The van der Waals surface area contributed by atoms with Gasteiger partial charge in [0.1, 0.15) is 5.60 Å². The fraction of sp³-hybridized carbons (Fsp3) is 0.467. The van der Waals surface area contributed by atoms with Crippen molar-refractivity contribution in [3.63, 3.8) is 0 Å². The third-order valence-corrected chi connectivity index (χ3v) is 6.68. The third kappa shape index (κ3) is 6.59. The second-order valence-electron chi connectivity index (χ2n) is 11.4. The van der Waals surface area contributed by atoms with Gasteiger partial charge >= 0.3 is 11.9 Å². The summed E-state index contributed by atoms with van der Waals surface area (Å²) in [6, 6.07) is 15.0. The summed E-state index contributed by atoms with van der Waals surface area (Å²) in [4.78, 5) is 24.9. The number of esters is 1. The molecular weight excluding hydrogens is 424 g/mol. The van der Waals surface area contributed by atoms with E-state index in [9.17, 15) is 14.7 Å². The molecule has 34 heavy (non-hydrogen) atoms. The van der Waals surface area contributed by atoms with Crippen LogP contribution in [0.4, 0.5) is 0 Å². The lowest BCUT2D eigenvalue weighted by Gasteiger charge is -2.33. The molecule has 0 bridgehead atoms. The average molecular weight is 463 g/mol. The molecule has 2 aromatic carbocycles. The molecule has 3 rings (SSSR count). The van der Waals surface area contributed by atoms with Crippen LogP contribution in [0.5, 0.6) is 0 Å². The first-order chi connectivity index (χ1) is 15.8. The van der Waals surface area contributed by atoms with Crippen molar-refractivity contribution in [1.29, 1.82) is 0 Å². The van der Waals surface area contributed by atoms with Gasteiger partial charge in [-0.25, -0.2) is 4.79 Å². The Labute approximate surface area is 204 Å². The number of allylic oxidation sites excluding steroid dienone is 2. The molecule has 1 N–H and O–H groups in total. The highest BCUT2D eigenvalue weighted by atomic mass is 16.6. The molecule has 0 aromatic heterocycles. The molecule has 0 heterocycles. The Balaban J connectivity index is 1.80. The van der Waals surface area contributed by atoms with Gasteiger partial charge in [0.05, 0.1) is 11.5 Å². The van der Waals surface area contributed by atoms with Gasteiger partial charge in [0.15, 0.2) is 0 Å². The molecule has 1 aliphatic carbocycles. The number of carbonyl (C=O) groups is 2. The fourth-order valence-electron chi connectivity index (χ4n) is 4.61. The summed E-state index contributed by atoms with van der Waals surface area (Å²) >= 11 is 0. The van der Waals surface area contributed by atoms with E-state index >= 15 is 0 Å². The summed E-state index contributed by atoms with van der Waals surface area (Å²) in [6.07, 6.45) is 5.88. The van der Waals surface area contributed by atoms with Crippen LogP contribution in [-0.2, 0) is 16.0 Å². The molecule has 0 saturated heterocycles. The Kier molecular flexibility index (Phi) is 7.70. The fourth-order valence-corrected chi connectivity index (χ4v) is 4.61. The van der Waals surface area contributed by atoms with E-state index < -0.39 is 23.5 Å². The zero-order valence-electron chi connectivity index (χ0n) is 21.4. The number of carboxylic acids is 1. The van der Waals surface area contributed by atoms with Crippen LogP contribution in [0, 0.1) is 11.3 Å². The summed E-state index contributed by atoms with van der Waals surface area (Å²) in [5, 5.41) is 10.00. The number of ether oxygens (including phenoxy) is 1. The van der Waals surface area contributed by atoms with Gasteiger partial charge in [-0.1, -0.05) is 69.3 Å². The van der Waals surface area contributed by atoms with E-state index in [0.717, 1.165) is 24.0 Å². The van der Waals surface area contributed by atoms with Crippen molar-refractivity contribution in [2.24, 2.45) is 11.3 Å². The van der Waals surface area contributed by atoms with E-state index in [0.29, 0.717) is 22.5 Å². The van der Waals surface area contributed by atoms with E-state index in [1.54, 1.807) is 12.1 Å². The number of carboxylic acid groups (broad SMARTS) is 1. The van der Waals surface area contributed by atoms with Crippen LogP contribution in [0.2, 0.25) is 0 Å². The number of aliphatic carboxylic acids is 1. The first-order valence-corrected chi connectivity index (χ1v) is 12.2. The van der Waals surface area contributed by atoms with Gasteiger partial charge in [0.2, 0.25) is 0 Å². The Morgan fingerprint density at radius 3 is 2.18 bits per heavy atom. The Morgan fingerprint density at radius 1 is 1.00 bits per heavy atom. The van der Waals surface area contributed by atoms with E-state index in [1.807, 2.05) is 57.2 Å². The molecule has 2 unspecified atom stereocenters. The van der Waals surface area contributed by atoms with Gasteiger partial charge in [0, 0.05) is 0 Å². The predicted molar refractivity (Wildman–Crippen MR) is 137 cm³/mol. The van der Waals surface area contributed by atoms with Crippen molar-refractivity contribution in [3.8, 4) is 0 Å². The molecule has 0 radical (unpaired) electrons. The first kappa shape index (κ1) is 25.7. The molecule has 2 atom stereocenters. The zero-order valence-corrected chi connectivity index (χ0v) is 21.4. The van der Waals surface area contributed by atoms with Gasteiger partial charge in [-0.2, -0.15) is 0 Å². The van der Waals surface area contributed by atoms with Crippen molar-refractivity contribution in [2.45, 2.75) is 78.7 Å². The molecule has 182 valence electrons. The molecule has 1 aliphatic rings. The third-order valence-electron chi connectivity index (χ3n) is 6.68. The maximum atomic E-state index is 12.7. The quantitative estimate of drug-likeness (QED) is 0.458. The van der Waals surface area contributed by atoms with Crippen LogP contribution in [0.25, 0.3) is 5.57 Å². The van der Waals surface area contributed by atoms with Crippen LogP contribution in [0.1, 0.15) is 93.8 Å².